The van der Waals surface area contributed by atoms with Gasteiger partial charge in [0.15, 0.2) is 0 Å². The lowest BCUT2D eigenvalue weighted by Crippen LogP contribution is -1.55. The Morgan fingerprint density at radius 3 is 2.33 bits per heavy atom. The molecule has 1 nitrogen and oxygen atoms in total. The van der Waals surface area contributed by atoms with Crippen molar-refractivity contribution in [2.24, 2.45) is 0 Å². The van der Waals surface area contributed by atoms with Crippen molar-refractivity contribution in [3.8, 4) is 0 Å². The van der Waals surface area contributed by atoms with Gasteiger partial charge in [0.1, 0.15) is 0 Å². The van der Waals surface area contributed by atoms with Gasteiger partial charge in [0.2, 0.25) is 5.75 Å². The maximum absolute atomic E-state index is 8.57. The first-order chi connectivity index (χ1) is 4.31. The molecule has 52 valence electrons. The van der Waals surface area contributed by atoms with Gasteiger partial charge in [-0.05, 0) is 30.9 Å². The van der Waals surface area contributed by atoms with E-state index in [0.29, 0.717) is 0 Å². The molecule has 0 N–H and O–H groups in total. The van der Waals surface area contributed by atoms with E-state index in [2.05, 4.69) is 17.7 Å². The minimum Gasteiger partial charge on any atom is -0.285 e. The van der Waals surface area contributed by atoms with Crippen molar-refractivity contribution < 1.29 is 4.79 Å². The van der Waals surface area contributed by atoms with E-state index in [-0.39, 0.29) is 5.75 Å². The molecule has 0 fully saturated rings. The maximum atomic E-state index is 8.57. The third-order valence-electron chi connectivity index (χ3n) is 0.986. The number of halogens is 2. The number of carbonyl (C=O) groups is 1. The summed E-state index contributed by atoms with van der Waals surface area (Å²) in [6.45, 7) is 0. The highest BCUT2D eigenvalue weighted by atomic mass is 35.5. The summed E-state index contributed by atoms with van der Waals surface area (Å²) in [6.07, 6.45) is 5.65. The number of hydrogen-bond acceptors (Lipinski definition) is 1. The Hall–Kier alpha value is -0.0100. The second-order valence-electron chi connectivity index (χ2n) is 1.63. The lowest BCUT2D eigenvalue weighted by molar-refractivity contribution is 0.569. The summed E-state index contributed by atoms with van der Waals surface area (Å²) >= 11 is 9.89. The predicted octanol–water partition coefficient (Wildman–Crippen LogP) is 2.71. The van der Waals surface area contributed by atoms with Gasteiger partial charge >= 0.3 is 0 Å². The van der Waals surface area contributed by atoms with Gasteiger partial charge in [0, 0.05) is 5.03 Å². The molecule has 0 aliphatic heterocycles. The lowest BCUT2D eigenvalue weighted by Gasteiger charge is -1.76. The van der Waals surface area contributed by atoms with Crippen LogP contribution in [-0.4, -0.2) is 5.75 Å². The monoisotopic (exact) mass is 166 g/mol. The molecule has 0 bridgehead atoms. The largest absolute Gasteiger partial charge is 0.285 e. The summed E-state index contributed by atoms with van der Waals surface area (Å²) in [7, 11) is 0. The van der Waals surface area contributed by atoms with Crippen molar-refractivity contribution in [3.05, 3.63) is 11.1 Å². The van der Waals surface area contributed by atoms with E-state index in [1.165, 1.54) is 12.8 Å². The zero-order valence-electron chi connectivity index (χ0n) is 4.94. The lowest BCUT2D eigenvalue weighted by atomic mass is 10.4. The summed E-state index contributed by atoms with van der Waals surface area (Å²) in [5.41, 5.74) is 0. The SMILES string of the molecule is ClC1=CCCC1.O=CCl. The van der Waals surface area contributed by atoms with Gasteiger partial charge in [-0.1, -0.05) is 17.7 Å². The molecule has 1 aliphatic carbocycles. The van der Waals surface area contributed by atoms with E-state index in [1.54, 1.807) is 0 Å². The van der Waals surface area contributed by atoms with Crippen LogP contribution in [0, 0.1) is 0 Å². The Morgan fingerprint density at radius 2 is 2.22 bits per heavy atom. The van der Waals surface area contributed by atoms with Crippen LogP contribution in [0.4, 0.5) is 0 Å². The smallest absolute Gasteiger partial charge is 0.208 e. The quantitative estimate of drug-likeness (QED) is 0.400. The van der Waals surface area contributed by atoms with E-state index in [1.807, 2.05) is 0 Å². The predicted molar refractivity (Wildman–Crippen MR) is 40.4 cm³/mol. The molecular formula is C6H8Cl2O. The van der Waals surface area contributed by atoms with E-state index in [0.717, 1.165) is 11.5 Å². The summed E-state index contributed by atoms with van der Waals surface area (Å²) < 4.78 is 0. The fourth-order valence-electron chi connectivity index (χ4n) is 0.632. The Bertz CT molecular complexity index is 110. The van der Waals surface area contributed by atoms with Crippen LogP contribution in [0.2, 0.25) is 0 Å². The average Bonchev–Trinajstić information content (AvgIpc) is 2.20. The highest BCUT2D eigenvalue weighted by molar-refractivity contribution is 6.54. The fourth-order valence-corrected chi connectivity index (χ4v) is 0.874. The van der Waals surface area contributed by atoms with Gasteiger partial charge in [-0.2, -0.15) is 0 Å². The van der Waals surface area contributed by atoms with Gasteiger partial charge < -0.3 is 0 Å². The van der Waals surface area contributed by atoms with E-state index < -0.39 is 0 Å². The van der Waals surface area contributed by atoms with Crippen LogP contribution in [0.15, 0.2) is 11.1 Å². The average molecular weight is 167 g/mol. The molecule has 0 unspecified atom stereocenters. The van der Waals surface area contributed by atoms with Gasteiger partial charge in [-0.25, -0.2) is 0 Å². The van der Waals surface area contributed by atoms with Gasteiger partial charge in [-0.3, -0.25) is 4.79 Å². The van der Waals surface area contributed by atoms with Gasteiger partial charge in [0.25, 0.3) is 0 Å². The Morgan fingerprint density at radius 1 is 1.67 bits per heavy atom. The molecule has 0 radical (unpaired) electrons. The van der Waals surface area contributed by atoms with Gasteiger partial charge in [-0.15, -0.1) is 0 Å². The molecule has 1 aliphatic rings. The topological polar surface area (TPSA) is 17.1 Å². The Kier molecular flexibility index (Phi) is 6.11. The minimum atomic E-state index is 0.222. The van der Waals surface area contributed by atoms with Gasteiger partial charge in [0.05, 0.1) is 0 Å². The van der Waals surface area contributed by atoms with Crippen molar-refractivity contribution in [2.75, 3.05) is 0 Å². The molecule has 0 saturated carbocycles. The Labute approximate surface area is 64.6 Å². The molecule has 0 aromatic heterocycles. The zero-order chi connectivity index (χ0) is 7.11. The molecule has 1 rings (SSSR count). The third-order valence-corrected chi connectivity index (χ3v) is 1.33. The summed E-state index contributed by atoms with van der Waals surface area (Å²) in [4.78, 5) is 8.57. The third kappa shape index (κ3) is 5.87. The molecule has 0 atom stereocenters. The first kappa shape index (κ1) is 8.99. The first-order valence-corrected chi connectivity index (χ1v) is 3.51. The van der Waals surface area contributed by atoms with Crippen molar-refractivity contribution >= 4 is 28.9 Å². The van der Waals surface area contributed by atoms with Crippen LogP contribution >= 0.6 is 23.2 Å². The number of allylic oxidation sites excluding steroid dienone is 2. The van der Waals surface area contributed by atoms with Crippen LogP contribution in [0.1, 0.15) is 19.3 Å². The zero-order valence-corrected chi connectivity index (χ0v) is 6.45. The van der Waals surface area contributed by atoms with Crippen molar-refractivity contribution in [1.82, 2.24) is 0 Å². The molecule has 0 spiro atoms. The summed E-state index contributed by atoms with van der Waals surface area (Å²) in [6, 6.07) is 0. The molecule has 0 heterocycles. The van der Waals surface area contributed by atoms with Crippen LogP contribution in [-0.2, 0) is 4.79 Å². The molecule has 9 heavy (non-hydrogen) atoms. The molecule has 0 aromatic carbocycles. The van der Waals surface area contributed by atoms with Crippen molar-refractivity contribution in [3.63, 3.8) is 0 Å². The maximum Gasteiger partial charge on any atom is 0.208 e. The van der Waals surface area contributed by atoms with E-state index in [9.17, 15) is 0 Å². The van der Waals surface area contributed by atoms with Crippen LogP contribution in [0.3, 0.4) is 0 Å². The van der Waals surface area contributed by atoms with E-state index in [4.69, 9.17) is 16.4 Å². The molecule has 0 saturated heterocycles. The summed E-state index contributed by atoms with van der Waals surface area (Å²) in [5.74, 6) is 0.222. The minimum absolute atomic E-state index is 0.222. The second-order valence-corrected chi connectivity index (χ2v) is 2.30. The van der Waals surface area contributed by atoms with Crippen LogP contribution in [0.5, 0.6) is 0 Å². The molecule has 0 aromatic rings. The second kappa shape index (κ2) is 6.12. The standard InChI is InChI=1S/C5H7Cl.CHClO/c6-5-3-1-2-4-5;2-1-3/h3H,1-2,4H2;1H. The fraction of sp³-hybridized carbons (Fsp3) is 0.500. The highest BCUT2D eigenvalue weighted by Gasteiger charge is 1.97. The van der Waals surface area contributed by atoms with Crippen LogP contribution in [0.25, 0.3) is 0 Å². The molecule has 0 amide bonds. The van der Waals surface area contributed by atoms with Crippen molar-refractivity contribution in [1.29, 1.82) is 0 Å². The number of hydrogen-bond donors (Lipinski definition) is 0. The Balaban J connectivity index is 0.000000187. The van der Waals surface area contributed by atoms with Crippen molar-refractivity contribution in [2.45, 2.75) is 19.3 Å². The number of rotatable bonds is 0. The normalized spacial score (nSPS) is 15.6. The van der Waals surface area contributed by atoms with Crippen LogP contribution < -0.4 is 0 Å². The molecular weight excluding hydrogens is 159 g/mol. The highest BCUT2D eigenvalue weighted by Crippen LogP contribution is 2.19. The summed E-state index contributed by atoms with van der Waals surface area (Å²) in [5, 5.41) is 1.05. The number of carbonyl (C=O) groups excluding carboxylic acids is 1. The van der Waals surface area contributed by atoms with E-state index >= 15 is 0 Å². The molecule has 3 heteroatoms. The first-order valence-electron chi connectivity index (χ1n) is 2.69.